The summed E-state index contributed by atoms with van der Waals surface area (Å²) in [5.41, 5.74) is 2.97. The van der Waals surface area contributed by atoms with Crippen LogP contribution in [0.4, 0.5) is 10.8 Å². The van der Waals surface area contributed by atoms with Crippen molar-refractivity contribution in [1.29, 1.82) is 0 Å². The predicted octanol–water partition coefficient (Wildman–Crippen LogP) is 2.07. The second kappa shape index (κ2) is 10.7. The number of carboxylic acids is 1. The normalized spacial score (nSPS) is 10.6. The number of aliphatic carboxylic acids is 1. The summed E-state index contributed by atoms with van der Waals surface area (Å²) in [6, 6.07) is 2.28. The van der Waals surface area contributed by atoms with E-state index in [1.54, 1.807) is 12.3 Å². The molecule has 160 valence electrons. The van der Waals surface area contributed by atoms with E-state index in [4.69, 9.17) is 19.3 Å². The van der Waals surface area contributed by atoms with Gasteiger partial charge in [0, 0.05) is 17.0 Å². The Bertz CT molecular complexity index is 959. The number of thiazole rings is 1. The number of hydrogen-bond acceptors (Lipinski definition) is 11. The van der Waals surface area contributed by atoms with E-state index in [9.17, 15) is 19.7 Å². The fraction of sp³-hybridized carbons (Fsp3) is 0.294. The van der Waals surface area contributed by atoms with Crippen molar-refractivity contribution < 1.29 is 33.8 Å². The predicted molar refractivity (Wildman–Crippen MR) is 106 cm³/mol. The highest BCUT2D eigenvalue weighted by atomic mass is 32.1. The molecule has 0 aliphatic heterocycles. The molecule has 0 saturated carbocycles. The number of benzene rings is 1. The van der Waals surface area contributed by atoms with E-state index >= 15 is 0 Å². The molecular weight excluding hydrogens is 420 g/mol. The summed E-state index contributed by atoms with van der Waals surface area (Å²) in [5.74, 6) is -1.66. The Morgan fingerprint density at radius 1 is 1.43 bits per heavy atom. The fourth-order valence-corrected chi connectivity index (χ4v) is 2.87. The summed E-state index contributed by atoms with van der Waals surface area (Å²) in [6.07, 6.45) is 1.23. The molecule has 2 aromatic rings. The number of nitrogens with one attached hydrogen (secondary N) is 1. The van der Waals surface area contributed by atoms with Gasteiger partial charge in [-0.3, -0.25) is 20.3 Å². The average molecular weight is 438 g/mol. The number of methoxy groups -OCH3 is 1. The van der Waals surface area contributed by atoms with Gasteiger partial charge in [-0.2, -0.15) is 5.10 Å². The van der Waals surface area contributed by atoms with Crippen molar-refractivity contribution in [2.24, 2.45) is 5.10 Å². The third-order valence-corrected chi connectivity index (χ3v) is 4.18. The van der Waals surface area contributed by atoms with Gasteiger partial charge in [0.25, 0.3) is 5.69 Å². The number of non-ortho nitro benzene ring substituents is 1. The molecule has 2 rings (SSSR count). The van der Waals surface area contributed by atoms with E-state index in [1.807, 2.05) is 0 Å². The zero-order valence-corrected chi connectivity index (χ0v) is 16.8. The van der Waals surface area contributed by atoms with Crippen molar-refractivity contribution in [3.8, 4) is 11.5 Å². The first-order valence-corrected chi connectivity index (χ1v) is 9.32. The van der Waals surface area contributed by atoms with Crippen molar-refractivity contribution in [3.05, 3.63) is 38.9 Å². The Hall–Kier alpha value is -3.74. The van der Waals surface area contributed by atoms with Crippen LogP contribution in [0.1, 0.15) is 18.2 Å². The molecule has 0 saturated heterocycles. The number of hydrazone groups is 1. The first-order chi connectivity index (χ1) is 14.3. The second-order valence-electron chi connectivity index (χ2n) is 5.50. The number of aromatic nitrogens is 1. The van der Waals surface area contributed by atoms with Crippen LogP contribution in [-0.2, 0) is 20.7 Å². The highest BCUT2D eigenvalue weighted by molar-refractivity contribution is 7.13. The average Bonchev–Trinajstić information content (AvgIpc) is 3.13. The van der Waals surface area contributed by atoms with Gasteiger partial charge in [0.05, 0.1) is 43.0 Å². The van der Waals surface area contributed by atoms with Gasteiger partial charge in [-0.15, -0.1) is 11.3 Å². The number of nitrogens with zero attached hydrogens (tertiary/aromatic N) is 3. The summed E-state index contributed by atoms with van der Waals surface area (Å²) in [4.78, 5) is 37.0. The molecule has 0 fully saturated rings. The third-order valence-electron chi connectivity index (χ3n) is 3.39. The number of carbonyl (C=O) groups is 2. The van der Waals surface area contributed by atoms with Crippen molar-refractivity contribution in [2.75, 3.05) is 25.7 Å². The largest absolute Gasteiger partial charge is 0.493 e. The molecule has 30 heavy (non-hydrogen) atoms. The maximum absolute atomic E-state index is 11.5. The molecule has 13 heteroatoms. The molecule has 12 nitrogen and oxygen atoms in total. The highest BCUT2D eigenvalue weighted by Crippen LogP contribution is 2.35. The summed E-state index contributed by atoms with van der Waals surface area (Å²) < 4.78 is 15.1. The van der Waals surface area contributed by atoms with E-state index in [2.05, 4.69) is 15.5 Å². The SMILES string of the molecule is CCOC(=O)Cc1csc(NN=Cc2cc([N+](=O)[O-])cc(OC)c2OCC(=O)O)n1. The van der Waals surface area contributed by atoms with E-state index in [0.29, 0.717) is 10.8 Å². The smallest absolute Gasteiger partial charge is 0.341 e. The summed E-state index contributed by atoms with van der Waals surface area (Å²) >= 11 is 1.19. The van der Waals surface area contributed by atoms with Crippen LogP contribution in [0, 0.1) is 10.1 Å². The molecule has 0 bridgehead atoms. The Labute approximate surface area is 174 Å². The van der Waals surface area contributed by atoms with Gasteiger partial charge in [-0.1, -0.05) is 0 Å². The molecule has 1 aromatic heterocycles. The van der Waals surface area contributed by atoms with Crippen LogP contribution in [0.5, 0.6) is 11.5 Å². The van der Waals surface area contributed by atoms with Gasteiger partial charge in [0.1, 0.15) is 0 Å². The molecular formula is C17H18N4O8S. The van der Waals surface area contributed by atoms with Crippen LogP contribution in [0.3, 0.4) is 0 Å². The highest BCUT2D eigenvalue weighted by Gasteiger charge is 2.19. The van der Waals surface area contributed by atoms with Gasteiger partial charge in [-0.05, 0) is 6.92 Å². The molecule has 0 atom stereocenters. The number of rotatable bonds is 11. The monoisotopic (exact) mass is 438 g/mol. The Balaban J connectivity index is 2.21. The Morgan fingerprint density at radius 2 is 2.20 bits per heavy atom. The molecule has 2 N–H and O–H groups in total. The van der Waals surface area contributed by atoms with Crippen molar-refractivity contribution in [2.45, 2.75) is 13.3 Å². The number of nitro groups is 1. The maximum atomic E-state index is 11.5. The van der Waals surface area contributed by atoms with Gasteiger partial charge in [0.2, 0.25) is 5.13 Å². The van der Waals surface area contributed by atoms with E-state index in [1.165, 1.54) is 30.7 Å². The van der Waals surface area contributed by atoms with E-state index in [0.717, 1.165) is 6.07 Å². The zero-order chi connectivity index (χ0) is 22.1. The van der Waals surface area contributed by atoms with Crippen LogP contribution in [0.25, 0.3) is 0 Å². The third kappa shape index (κ3) is 6.41. The molecule has 0 aliphatic rings. The van der Waals surface area contributed by atoms with E-state index < -0.39 is 23.5 Å². The van der Waals surface area contributed by atoms with Crippen molar-refractivity contribution in [1.82, 2.24) is 4.98 Å². The standard InChI is InChI=1S/C17H18N4O8S/c1-3-28-15(24)5-11-9-30-17(19-11)20-18-7-10-4-12(21(25)26)6-13(27-2)16(10)29-8-14(22)23/h4,6-7,9H,3,5,8H2,1-2H3,(H,19,20)(H,22,23). The number of nitro benzene ring substituents is 1. The fourth-order valence-electron chi connectivity index (χ4n) is 2.21. The van der Waals surface area contributed by atoms with E-state index in [-0.39, 0.29) is 35.8 Å². The Kier molecular flexibility index (Phi) is 8.05. The lowest BCUT2D eigenvalue weighted by atomic mass is 10.1. The molecule has 1 heterocycles. The van der Waals surface area contributed by atoms with Gasteiger partial charge >= 0.3 is 11.9 Å². The lowest BCUT2D eigenvalue weighted by Gasteiger charge is -2.11. The van der Waals surface area contributed by atoms with Crippen LogP contribution in [0.2, 0.25) is 0 Å². The molecule has 0 amide bonds. The lowest BCUT2D eigenvalue weighted by molar-refractivity contribution is -0.385. The number of carbonyl (C=O) groups excluding carboxylic acids is 1. The Morgan fingerprint density at radius 3 is 2.83 bits per heavy atom. The molecule has 0 radical (unpaired) electrons. The van der Waals surface area contributed by atoms with Crippen LogP contribution < -0.4 is 14.9 Å². The van der Waals surface area contributed by atoms with Gasteiger partial charge in [-0.25, -0.2) is 9.78 Å². The molecule has 1 aromatic carbocycles. The van der Waals surface area contributed by atoms with Crippen LogP contribution >= 0.6 is 11.3 Å². The summed E-state index contributed by atoms with van der Waals surface area (Å²) in [5, 5.41) is 26.0. The number of hydrogen-bond donors (Lipinski definition) is 2. The summed E-state index contributed by atoms with van der Waals surface area (Å²) in [6.45, 7) is 1.31. The number of carboxylic acid groups (broad SMARTS) is 1. The van der Waals surface area contributed by atoms with Crippen LogP contribution in [0.15, 0.2) is 22.6 Å². The first kappa shape index (κ1) is 22.5. The van der Waals surface area contributed by atoms with Gasteiger partial charge in [0.15, 0.2) is 18.1 Å². The second-order valence-corrected chi connectivity index (χ2v) is 6.36. The molecule has 0 aliphatic carbocycles. The molecule has 0 unspecified atom stereocenters. The minimum Gasteiger partial charge on any atom is -0.493 e. The number of esters is 1. The molecule has 0 spiro atoms. The quantitative estimate of drug-likeness (QED) is 0.230. The van der Waals surface area contributed by atoms with Crippen molar-refractivity contribution in [3.63, 3.8) is 0 Å². The minimum absolute atomic E-state index is 0.0156. The minimum atomic E-state index is -1.23. The number of ether oxygens (including phenoxy) is 3. The maximum Gasteiger partial charge on any atom is 0.341 e. The van der Waals surface area contributed by atoms with Crippen LogP contribution in [-0.4, -0.2) is 53.5 Å². The van der Waals surface area contributed by atoms with Crippen molar-refractivity contribution >= 4 is 40.3 Å². The number of anilines is 1. The van der Waals surface area contributed by atoms with Gasteiger partial charge < -0.3 is 19.3 Å². The summed E-state index contributed by atoms with van der Waals surface area (Å²) in [7, 11) is 1.27. The lowest BCUT2D eigenvalue weighted by Crippen LogP contribution is -2.11. The first-order valence-electron chi connectivity index (χ1n) is 8.44. The zero-order valence-electron chi connectivity index (χ0n) is 16.0. The topological polar surface area (TPSA) is 162 Å².